The average molecular weight is 326 g/mol. The van der Waals surface area contributed by atoms with Crippen molar-refractivity contribution in [3.05, 3.63) is 46.1 Å². The van der Waals surface area contributed by atoms with E-state index in [2.05, 4.69) is 21.7 Å². The molecule has 2 aromatic heterocycles. The number of anilines is 1. The highest BCUT2D eigenvalue weighted by atomic mass is 32.1. The van der Waals surface area contributed by atoms with Crippen LogP contribution in [0.3, 0.4) is 0 Å². The molecule has 1 amide bonds. The average Bonchev–Trinajstić information content (AvgIpc) is 2.92. The fourth-order valence-electron chi connectivity index (χ4n) is 2.77. The number of pyridine rings is 1. The maximum atomic E-state index is 12.3. The van der Waals surface area contributed by atoms with Crippen LogP contribution in [0.15, 0.2) is 24.4 Å². The second-order valence-electron chi connectivity index (χ2n) is 5.65. The van der Waals surface area contributed by atoms with Crippen molar-refractivity contribution in [1.29, 1.82) is 5.26 Å². The molecule has 6 heteroatoms. The number of carbonyl (C=O) groups is 1. The number of aromatic nitrogens is 1. The molecule has 3 heterocycles. The van der Waals surface area contributed by atoms with E-state index in [0.29, 0.717) is 17.0 Å². The van der Waals surface area contributed by atoms with Crippen LogP contribution in [0.2, 0.25) is 0 Å². The van der Waals surface area contributed by atoms with Crippen LogP contribution in [0.4, 0.5) is 5.00 Å². The molecule has 0 fully saturated rings. The first-order valence-electron chi connectivity index (χ1n) is 7.65. The van der Waals surface area contributed by atoms with Crippen molar-refractivity contribution in [2.75, 3.05) is 11.9 Å². The molecule has 118 valence electrons. The van der Waals surface area contributed by atoms with Gasteiger partial charge in [-0.05, 0) is 30.7 Å². The normalized spacial score (nSPS) is 14.6. The first-order valence-corrected chi connectivity index (χ1v) is 8.46. The van der Waals surface area contributed by atoms with Gasteiger partial charge in [-0.15, -0.1) is 11.3 Å². The summed E-state index contributed by atoms with van der Waals surface area (Å²) in [7, 11) is 0. The minimum absolute atomic E-state index is 0.0398. The van der Waals surface area contributed by atoms with Gasteiger partial charge in [0.1, 0.15) is 11.1 Å². The van der Waals surface area contributed by atoms with Gasteiger partial charge in [-0.2, -0.15) is 5.26 Å². The lowest BCUT2D eigenvalue weighted by atomic mass is 10.0. The summed E-state index contributed by atoms with van der Waals surface area (Å²) in [6.45, 7) is 3.63. The van der Waals surface area contributed by atoms with Crippen molar-refractivity contribution in [3.63, 3.8) is 0 Å². The third kappa shape index (κ3) is 3.41. The molecule has 0 saturated heterocycles. The van der Waals surface area contributed by atoms with Crippen LogP contribution < -0.4 is 10.6 Å². The maximum absolute atomic E-state index is 12.3. The standard InChI is InChI=1S/C17H18N4OS/c1-11(14-4-2-3-6-20-14)8-16(22)21-17-13(9-18)12-5-7-19-10-15(12)23-17/h2-4,6,11,19H,5,7-8,10H2,1H3,(H,21,22)/t11-/m0/s1. The fourth-order valence-corrected chi connectivity index (χ4v) is 3.95. The maximum Gasteiger partial charge on any atom is 0.225 e. The van der Waals surface area contributed by atoms with Crippen molar-refractivity contribution in [1.82, 2.24) is 10.3 Å². The summed E-state index contributed by atoms with van der Waals surface area (Å²) in [5.41, 5.74) is 2.62. The van der Waals surface area contributed by atoms with Gasteiger partial charge >= 0.3 is 0 Å². The Labute approximate surface area is 139 Å². The summed E-state index contributed by atoms with van der Waals surface area (Å²) in [4.78, 5) is 17.8. The van der Waals surface area contributed by atoms with Crippen LogP contribution in [0.5, 0.6) is 0 Å². The molecule has 0 aliphatic carbocycles. The van der Waals surface area contributed by atoms with Crippen molar-refractivity contribution in [2.45, 2.75) is 32.2 Å². The summed E-state index contributed by atoms with van der Waals surface area (Å²) in [5, 5.41) is 16.3. The van der Waals surface area contributed by atoms with E-state index < -0.39 is 0 Å². The van der Waals surface area contributed by atoms with Crippen LogP contribution in [-0.2, 0) is 17.8 Å². The van der Waals surface area contributed by atoms with Crippen molar-refractivity contribution < 1.29 is 4.79 Å². The molecular formula is C17H18N4OS. The third-order valence-electron chi connectivity index (χ3n) is 3.98. The molecule has 0 bridgehead atoms. The molecule has 1 atom stereocenters. The molecule has 0 saturated carbocycles. The van der Waals surface area contributed by atoms with Crippen molar-refractivity contribution in [2.24, 2.45) is 0 Å². The first-order chi connectivity index (χ1) is 11.2. The van der Waals surface area contributed by atoms with E-state index >= 15 is 0 Å². The number of thiophene rings is 1. The van der Waals surface area contributed by atoms with E-state index in [1.165, 1.54) is 11.3 Å². The molecule has 5 nitrogen and oxygen atoms in total. The lowest BCUT2D eigenvalue weighted by molar-refractivity contribution is -0.116. The summed E-state index contributed by atoms with van der Waals surface area (Å²) >= 11 is 1.51. The molecule has 0 unspecified atom stereocenters. The summed E-state index contributed by atoms with van der Waals surface area (Å²) in [6, 6.07) is 7.96. The Morgan fingerprint density at radius 1 is 1.57 bits per heavy atom. The van der Waals surface area contributed by atoms with Gasteiger partial charge in [-0.1, -0.05) is 13.0 Å². The van der Waals surface area contributed by atoms with Gasteiger partial charge in [-0.25, -0.2) is 0 Å². The summed E-state index contributed by atoms with van der Waals surface area (Å²) < 4.78 is 0. The second kappa shape index (κ2) is 6.90. The number of nitrogens with zero attached hydrogens (tertiary/aromatic N) is 2. The van der Waals surface area contributed by atoms with Gasteiger partial charge in [0.15, 0.2) is 0 Å². The fraction of sp³-hybridized carbons (Fsp3) is 0.353. The quantitative estimate of drug-likeness (QED) is 0.905. The Morgan fingerprint density at radius 2 is 2.43 bits per heavy atom. The Balaban J connectivity index is 1.71. The molecule has 1 aliphatic rings. The Bertz CT molecular complexity index is 748. The number of amides is 1. The van der Waals surface area contributed by atoms with E-state index in [4.69, 9.17) is 0 Å². The molecule has 2 aromatic rings. The molecule has 1 aliphatic heterocycles. The largest absolute Gasteiger partial charge is 0.317 e. The topological polar surface area (TPSA) is 77.8 Å². The first kappa shape index (κ1) is 15.7. The number of hydrogen-bond acceptors (Lipinski definition) is 5. The number of nitrogens with one attached hydrogen (secondary N) is 2. The molecular weight excluding hydrogens is 308 g/mol. The van der Waals surface area contributed by atoms with Crippen LogP contribution in [0.25, 0.3) is 0 Å². The number of hydrogen-bond donors (Lipinski definition) is 2. The van der Waals surface area contributed by atoms with E-state index in [0.717, 1.165) is 35.6 Å². The van der Waals surface area contributed by atoms with E-state index in [1.807, 2.05) is 25.1 Å². The van der Waals surface area contributed by atoms with E-state index in [-0.39, 0.29) is 11.8 Å². The van der Waals surface area contributed by atoms with Gasteiger partial charge in [0.25, 0.3) is 0 Å². The van der Waals surface area contributed by atoms with Gasteiger partial charge in [0, 0.05) is 35.7 Å². The minimum Gasteiger partial charge on any atom is -0.317 e. The molecule has 23 heavy (non-hydrogen) atoms. The van der Waals surface area contributed by atoms with Gasteiger partial charge < -0.3 is 10.6 Å². The van der Waals surface area contributed by atoms with E-state index in [1.54, 1.807) is 6.20 Å². The zero-order valence-corrected chi connectivity index (χ0v) is 13.7. The SMILES string of the molecule is C[C@@H](CC(=O)Nc1sc2c(c1C#N)CCNC2)c1ccccn1. The zero-order valence-electron chi connectivity index (χ0n) is 12.9. The zero-order chi connectivity index (χ0) is 16.2. The Kier molecular flexibility index (Phi) is 4.70. The van der Waals surface area contributed by atoms with Crippen molar-refractivity contribution >= 4 is 22.2 Å². The third-order valence-corrected chi connectivity index (χ3v) is 5.12. The highest BCUT2D eigenvalue weighted by Crippen LogP contribution is 2.35. The molecule has 0 spiro atoms. The lowest BCUT2D eigenvalue weighted by Gasteiger charge is -2.11. The van der Waals surface area contributed by atoms with Crippen molar-refractivity contribution in [3.8, 4) is 6.07 Å². The van der Waals surface area contributed by atoms with Gasteiger partial charge in [-0.3, -0.25) is 9.78 Å². The van der Waals surface area contributed by atoms with Crippen LogP contribution >= 0.6 is 11.3 Å². The highest BCUT2D eigenvalue weighted by Gasteiger charge is 2.22. The molecule has 3 rings (SSSR count). The molecule has 0 aromatic carbocycles. The summed E-state index contributed by atoms with van der Waals surface area (Å²) in [5.74, 6) is -0.0378. The smallest absolute Gasteiger partial charge is 0.225 e. The number of rotatable bonds is 4. The van der Waals surface area contributed by atoms with E-state index in [9.17, 15) is 10.1 Å². The lowest BCUT2D eigenvalue weighted by Crippen LogP contribution is -2.22. The van der Waals surface area contributed by atoms with Gasteiger partial charge in [0.05, 0.1) is 5.56 Å². The Hall–Kier alpha value is -2.23. The molecule has 0 radical (unpaired) electrons. The Morgan fingerprint density at radius 3 is 3.17 bits per heavy atom. The van der Waals surface area contributed by atoms with Gasteiger partial charge in [0.2, 0.25) is 5.91 Å². The van der Waals surface area contributed by atoms with Crippen LogP contribution in [0, 0.1) is 11.3 Å². The highest BCUT2D eigenvalue weighted by molar-refractivity contribution is 7.16. The summed E-state index contributed by atoms with van der Waals surface area (Å²) in [6.07, 6.45) is 2.93. The predicted molar refractivity (Wildman–Crippen MR) is 90.3 cm³/mol. The number of fused-ring (bicyclic) bond motifs is 1. The molecule has 2 N–H and O–H groups in total. The van der Waals surface area contributed by atoms with Crippen LogP contribution in [0.1, 0.15) is 41.0 Å². The predicted octanol–water partition coefficient (Wildman–Crippen LogP) is 2.79. The number of nitriles is 1. The minimum atomic E-state index is -0.0776. The monoisotopic (exact) mass is 326 g/mol. The number of carbonyl (C=O) groups excluding carboxylic acids is 1. The van der Waals surface area contributed by atoms with Crippen LogP contribution in [-0.4, -0.2) is 17.4 Å². The second-order valence-corrected chi connectivity index (χ2v) is 6.76.